The van der Waals surface area contributed by atoms with Crippen molar-refractivity contribution in [3.8, 4) is 17.1 Å². The maximum absolute atomic E-state index is 13.8. The molecule has 2 saturated heterocycles. The second-order valence-corrected chi connectivity index (χ2v) is 10.5. The minimum absolute atomic E-state index is 0.0320. The molecule has 2 aliphatic heterocycles. The smallest absolute Gasteiger partial charge is 0.410 e. The lowest BCUT2D eigenvalue weighted by atomic mass is 10.0. The Morgan fingerprint density at radius 1 is 1.15 bits per heavy atom. The number of nitrogens with zero attached hydrogens (tertiary/aromatic N) is 7. The molecule has 5 aromatic rings. The number of rotatable bonds is 5. The predicted octanol–water partition coefficient (Wildman–Crippen LogP) is 3.87. The van der Waals surface area contributed by atoms with Crippen LogP contribution in [-0.2, 0) is 11.3 Å². The molecule has 11 nitrogen and oxygen atoms in total. The van der Waals surface area contributed by atoms with Crippen LogP contribution in [0.4, 0.5) is 4.79 Å². The molecule has 0 aliphatic carbocycles. The third-order valence-electron chi connectivity index (χ3n) is 7.48. The highest BCUT2D eigenvalue weighted by molar-refractivity contribution is 6.30. The molecular weight excluding hydrogens is 534 g/mol. The van der Waals surface area contributed by atoms with Crippen molar-refractivity contribution in [1.82, 2.24) is 34.0 Å². The molecule has 2 aromatic carbocycles. The molecule has 0 bridgehead atoms. The fourth-order valence-corrected chi connectivity index (χ4v) is 5.52. The summed E-state index contributed by atoms with van der Waals surface area (Å²) in [6.07, 6.45) is 5.79. The van der Waals surface area contributed by atoms with Crippen LogP contribution < -0.4 is 10.3 Å². The first kappa shape index (κ1) is 24.5. The summed E-state index contributed by atoms with van der Waals surface area (Å²) in [5, 5.41) is 5.69. The van der Waals surface area contributed by atoms with Crippen LogP contribution in [0.2, 0.25) is 5.02 Å². The molecule has 2 aliphatic rings. The van der Waals surface area contributed by atoms with E-state index in [4.69, 9.17) is 26.1 Å². The summed E-state index contributed by atoms with van der Waals surface area (Å²) >= 11 is 6.04. The quantitative estimate of drug-likeness (QED) is 0.320. The van der Waals surface area contributed by atoms with Gasteiger partial charge in [-0.05, 0) is 36.8 Å². The van der Waals surface area contributed by atoms with Crippen molar-refractivity contribution in [3.63, 3.8) is 0 Å². The van der Waals surface area contributed by atoms with Gasteiger partial charge in [0.2, 0.25) is 0 Å². The summed E-state index contributed by atoms with van der Waals surface area (Å²) in [6.45, 7) is 3.07. The third kappa shape index (κ3) is 4.32. The molecule has 3 aromatic heterocycles. The molecule has 5 heterocycles. The van der Waals surface area contributed by atoms with Crippen LogP contribution in [0, 0.1) is 6.92 Å². The predicted molar refractivity (Wildman–Crippen MR) is 147 cm³/mol. The summed E-state index contributed by atoms with van der Waals surface area (Å²) in [4.78, 5) is 41.1. The number of amides is 1. The Hall–Kier alpha value is -4.51. The number of piperidine rings is 1. The number of aromatic nitrogens is 6. The Morgan fingerprint density at radius 3 is 2.83 bits per heavy atom. The van der Waals surface area contributed by atoms with Crippen LogP contribution in [0.25, 0.3) is 27.9 Å². The van der Waals surface area contributed by atoms with Crippen molar-refractivity contribution in [1.29, 1.82) is 0 Å². The van der Waals surface area contributed by atoms with Gasteiger partial charge in [-0.2, -0.15) is 0 Å². The lowest BCUT2D eigenvalue weighted by Crippen LogP contribution is -2.44. The van der Waals surface area contributed by atoms with Crippen LogP contribution in [0.5, 0.6) is 5.75 Å². The van der Waals surface area contributed by atoms with E-state index in [1.165, 1.54) is 0 Å². The molecule has 0 unspecified atom stereocenters. The van der Waals surface area contributed by atoms with Crippen molar-refractivity contribution in [2.24, 2.45) is 0 Å². The minimum Gasteiger partial charge on any atom is -0.489 e. The lowest BCUT2D eigenvalue weighted by Gasteiger charge is -2.32. The molecule has 1 amide bonds. The van der Waals surface area contributed by atoms with Gasteiger partial charge in [0.25, 0.3) is 5.56 Å². The number of fused-ring (bicyclic) bond motifs is 3. The standard InChI is InChI=1S/C28H24ClN7O4/c1-16-31-23-11-22(26-32-25-13-30-7-9-36(25)33-26)24(40-20-6-8-34-19(10-20)15-39-28(34)38)12-21(23)27(37)35(16)14-17-2-4-18(29)5-3-17/h2-5,7,9,11-13,19-20H,6,8,10,14-15H2,1H3/t19-,20-/m0/s1. The summed E-state index contributed by atoms with van der Waals surface area (Å²) in [5.74, 6) is 1.50. The number of cyclic esters (lactones) is 1. The number of halogens is 1. The highest BCUT2D eigenvalue weighted by atomic mass is 35.5. The van der Waals surface area contributed by atoms with Crippen molar-refractivity contribution in [3.05, 3.63) is 81.8 Å². The number of ether oxygens (including phenoxy) is 2. The van der Waals surface area contributed by atoms with Gasteiger partial charge in [0, 0.05) is 36.8 Å². The number of benzene rings is 2. The topological polar surface area (TPSA) is 117 Å². The fraction of sp³-hybridized carbons (Fsp3) is 0.286. The van der Waals surface area contributed by atoms with E-state index in [0.717, 1.165) is 5.56 Å². The lowest BCUT2D eigenvalue weighted by molar-refractivity contribution is 0.0940. The van der Waals surface area contributed by atoms with Gasteiger partial charge < -0.3 is 14.4 Å². The van der Waals surface area contributed by atoms with E-state index in [-0.39, 0.29) is 23.8 Å². The molecule has 0 saturated carbocycles. The number of carbonyl (C=O) groups excluding carboxylic acids is 1. The molecule has 202 valence electrons. The molecule has 0 radical (unpaired) electrons. The first-order valence-electron chi connectivity index (χ1n) is 13.0. The van der Waals surface area contributed by atoms with Crippen LogP contribution >= 0.6 is 11.6 Å². The van der Waals surface area contributed by atoms with Gasteiger partial charge in [0.1, 0.15) is 24.3 Å². The Kier molecular flexibility index (Phi) is 5.88. The first-order valence-corrected chi connectivity index (χ1v) is 13.4. The normalized spacial score (nSPS) is 18.8. The Labute approximate surface area is 233 Å². The number of aryl methyl sites for hydroxylation is 1. The average Bonchev–Trinajstić information content (AvgIpc) is 3.55. The van der Waals surface area contributed by atoms with Crippen molar-refractivity contribution in [2.75, 3.05) is 13.2 Å². The zero-order valence-corrected chi connectivity index (χ0v) is 22.3. The van der Waals surface area contributed by atoms with E-state index in [0.29, 0.717) is 77.1 Å². The van der Waals surface area contributed by atoms with E-state index in [1.807, 2.05) is 25.1 Å². The molecule has 40 heavy (non-hydrogen) atoms. The van der Waals surface area contributed by atoms with Gasteiger partial charge in [-0.25, -0.2) is 19.3 Å². The van der Waals surface area contributed by atoms with Gasteiger partial charge in [0.15, 0.2) is 11.5 Å². The van der Waals surface area contributed by atoms with Crippen LogP contribution in [0.3, 0.4) is 0 Å². The van der Waals surface area contributed by atoms with Crippen molar-refractivity contribution in [2.45, 2.75) is 38.5 Å². The maximum atomic E-state index is 13.8. The van der Waals surface area contributed by atoms with E-state index < -0.39 is 0 Å². The monoisotopic (exact) mass is 557 g/mol. The van der Waals surface area contributed by atoms with Crippen LogP contribution in [-0.4, -0.2) is 65.4 Å². The SMILES string of the molecule is Cc1nc2cc(-c3nc4cnccn4n3)c(O[C@H]3CCN4C(=O)OC[C@@H]4C3)cc2c(=O)n1Cc1ccc(Cl)cc1. The van der Waals surface area contributed by atoms with E-state index in [2.05, 4.69) is 15.1 Å². The largest absolute Gasteiger partial charge is 0.489 e. The van der Waals surface area contributed by atoms with Gasteiger partial charge in [-0.15, -0.1) is 5.10 Å². The summed E-state index contributed by atoms with van der Waals surface area (Å²) in [5.41, 5.74) is 2.50. The van der Waals surface area contributed by atoms with Gasteiger partial charge in [0.05, 0.1) is 35.2 Å². The molecule has 2 atom stereocenters. The molecule has 7 rings (SSSR count). The zero-order chi connectivity index (χ0) is 27.4. The van der Waals surface area contributed by atoms with Gasteiger partial charge in [-0.3, -0.25) is 14.3 Å². The number of carbonyl (C=O) groups is 1. The summed E-state index contributed by atoms with van der Waals surface area (Å²) in [6, 6.07) is 10.9. The molecular formula is C28H24ClN7O4. The Morgan fingerprint density at radius 2 is 2.00 bits per heavy atom. The highest BCUT2D eigenvalue weighted by Crippen LogP contribution is 2.35. The summed E-state index contributed by atoms with van der Waals surface area (Å²) in [7, 11) is 0. The molecule has 0 N–H and O–H groups in total. The average molecular weight is 558 g/mol. The first-order chi connectivity index (χ1) is 19.4. The molecule has 2 fully saturated rings. The maximum Gasteiger partial charge on any atom is 0.410 e. The van der Waals surface area contributed by atoms with Gasteiger partial charge in [-0.1, -0.05) is 23.7 Å². The zero-order valence-electron chi connectivity index (χ0n) is 21.5. The van der Waals surface area contributed by atoms with Crippen molar-refractivity contribution < 1.29 is 14.3 Å². The number of hydrogen-bond acceptors (Lipinski definition) is 8. The van der Waals surface area contributed by atoms with Crippen LogP contribution in [0.1, 0.15) is 24.2 Å². The highest BCUT2D eigenvalue weighted by Gasteiger charge is 2.39. The van der Waals surface area contributed by atoms with Crippen molar-refractivity contribution >= 4 is 34.2 Å². The third-order valence-corrected chi connectivity index (χ3v) is 7.73. The second-order valence-electron chi connectivity index (χ2n) is 10.0. The van der Waals surface area contributed by atoms with Crippen LogP contribution in [0.15, 0.2) is 59.8 Å². The molecule has 0 spiro atoms. The van der Waals surface area contributed by atoms with E-state index >= 15 is 0 Å². The number of hydrogen-bond donors (Lipinski definition) is 0. The Bertz CT molecular complexity index is 1800. The van der Waals surface area contributed by atoms with Gasteiger partial charge >= 0.3 is 6.09 Å². The summed E-state index contributed by atoms with van der Waals surface area (Å²) < 4.78 is 15.1. The van der Waals surface area contributed by atoms with E-state index in [1.54, 1.807) is 50.8 Å². The second kappa shape index (κ2) is 9.60. The molecule has 12 heteroatoms. The van der Waals surface area contributed by atoms with E-state index in [9.17, 15) is 9.59 Å². The minimum atomic E-state index is -0.278. The Balaban J connectivity index is 1.32. The fourth-order valence-electron chi connectivity index (χ4n) is 5.40.